The molecule has 1 saturated heterocycles. The van der Waals surface area contributed by atoms with Gasteiger partial charge in [-0.05, 0) is 50.5 Å². The fraction of sp³-hybridized carbons (Fsp3) is 0.444. The van der Waals surface area contributed by atoms with Gasteiger partial charge in [0.25, 0.3) is 0 Å². The standard InChI is InChI=1S/C18H23N3O2/c1-13-11-14(2)21(19-13)16-9-10-20(12-16)18(23)8-5-15-3-6-17(22)7-4-15/h3-4,6-7,11,16,22H,5,8-10,12H2,1-2H3/t16-/m0/s1. The first-order valence-electron chi connectivity index (χ1n) is 8.11. The second-order valence-electron chi connectivity index (χ2n) is 6.32. The molecule has 23 heavy (non-hydrogen) atoms. The van der Waals surface area contributed by atoms with Crippen molar-refractivity contribution in [3.8, 4) is 5.75 Å². The van der Waals surface area contributed by atoms with Crippen LogP contribution in [0.4, 0.5) is 0 Å². The minimum Gasteiger partial charge on any atom is -0.508 e. The van der Waals surface area contributed by atoms with Gasteiger partial charge >= 0.3 is 0 Å². The number of carbonyl (C=O) groups excluding carboxylic acids is 1. The molecule has 1 aromatic carbocycles. The van der Waals surface area contributed by atoms with E-state index in [1.54, 1.807) is 12.1 Å². The van der Waals surface area contributed by atoms with Gasteiger partial charge in [0.15, 0.2) is 0 Å². The molecular formula is C18H23N3O2. The van der Waals surface area contributed by atoms with Gasteiger partial charge in [-0.15, -0.1) is 0 Å². The molecule has 1 N–H and O–H groups in total. The number of amides is 1. The molecule has 5 nitrogen and oxygen atoms in total. The number of aromatic nitrogens is 2. The quantitative estimate of drug-likeness (QED) is 0.944. The number of aryl methyl sites for hydroxylation is 3. The fourth-order valence-corrected chi connectivity index (χ4v) is 3.26. The van der Waals surface area contributed by atoms with E-state index in [2.05, 4.69) is 22.8 Å². The summed E-state index contributed by atoms with van der Waals surface area (Å²) in [5.41, 5.74) is 3.26. The average molecular weight is 313 g/mol. The van der Waals surface area contributed by atoms with Crippen LogP contribution in [-0.4, -0.2) is 38.8 Å². The van der Waals surface area contributed by atoms with Gasteiger partial charge in [0.05, 0.1) is 11.7 Å². The molecule has 2 heterocycles. The van der Waals surface area contributed by atoms with E-state index < -0.39 is 0 Å². The summed E-state index contributed by atoms with van der Waals surface area (Å²) in [7, 11) is 0. The smallest absolute Gasteiger partial charge is 0.222 e. The molecule has 0 spiro atoms. The third-order valence-corrected chi connectivity index (χ3v) is 4.47. The third-order valence-electron chi connectivity index (χ3n) is 4.47. The van der Waals surface area contributed by atoms with Crippen molar-refractivity contribution in [3.05, 3.63) is 47.3 Å². The molecule has 0 aliphatic carbocycles. The number of phenols is 1. The van der Waals surface area contributed by atoms with E-state index >= 15 is 0 Å². The number of nitrogens with zero attached hydrogens (tertiary/aromatic N) is 3. The maximum atomic E-state index is 12.4. The number of hydrogen-bond acceptors (Lipinski definition) is 3. The highest BCUT2D eigenvalue weighted by Gasteiger charge is 2.28. The Hall–Kier alpha value is -2.30. The molecule has 1 fully saturated rings. The first-order valence-corrected chi connectivity index (χ1v) is 8.11. The summed E-state index contributed by atoms with van der Waals surface area (Å²) in [5, 5.41) is 13.8. The van der Waals surface area contributed by atoms with Gasteiger partial charge in [-0.25, -0.2) is 0 Å². The Morgan fingerprint density at radius 2 is 2.04 bits per heavy atom. The van der Waals surface area contributed by atoms with Crippen LogP contribution in [-0.2, 0) is 11.2 Å². The molecule has 0 unspecified atom stereocenters. The zero-order valence-corrected chi connectivity index (χ0v) is 13.7. The van der Waals surface area contributed by atoms with Crippen LogP contribution in [0.5, 0.6) is 5.75 Å². The Bertz CT molecular complexity index is 691. The lowest BCUT2D eigenvalue weighted by Crippen LogP contribution is -2.29. The molecule has 1 aliphatic rings. The van der Waals surface area contributed by atoms with Gasteiger partial charge in [-0.1, -0.05) is 12.1 Å². The molecule has 1 atom stereocenters. The monoisotopic (exact) mass is 313 g/mol. The summed E-state index contributed by atoms with van der Waals surface area (Å²) in [5.74, 6) is 0.453. The van der Waals surface area contributed by atoms with Crippen LogP contribution in [0.3, 0.4) is 0 Å². The summed E-state index contributed by atoms with van der Waals surface area (Å²) >= 11 is 0. The van der Waals surface area contributed by atoms with Crippen molar-refractivity contribution in [2.45, 2.75) is 39.2 Å². The van der Waals surface area contributed by atoms with Gasteiger partial charge in [0, 0.05) is 25.2 Å². The lowest BCUT2D eigenvalue weighted by molar-refractivity contribution is -0.130. The number of phenolic OH excluding ortho intramolecular Hbond substituents is 1. The molecule has 5 heteroatoms. The van der Waals surface area contributed by atoms with Crippen molar-refractivity contribution >= 4 is 5.91 Å². The molecule has 0 bridgehead atoms. The highest BCUT2D eigenvalue weighted by molar-refractivity contribution is 5.76. The van der Waals surface area contributed by atoms with Crippen LogP contribution in [0.25, 0.3) is 0 Å². The number of carbonyl (C=O) groups is 1. The fourth-order valence-electron chi connectivity index (χ4n) is 3.26. The molecule has 122 valence electrons. The highest BCUT2D eigenvalue weighted by atomic mass is 16.3. The van der Waals surface area contributed by atoms with Gasteiger partial charge in [0.1, 0.15) is 5.75 Å². The van der Waals surface area contributed by atoms with Crippen molar-refractivity contribution in [1.82, 2.24) is 14.7 Å². The van der Waals surface area contributed by atoms with E-state index in [0.717, 1.165) is 36.5 Å². The van der Waals surface area contributed by atoms with Crippen molar-refractivity contribution < 1.29 is 9.90 Å². The summed E-state index contributed by atoms with van der Waals surface area (Å²) < 4.78 is 2.06. The molecular weight excluding hydrogens is 290 g/mol. The predicted molar refractivity (Wildman–Crippen MR) is 88.4 cm³/mol. The van der Waals surface area contributed by atoms with Crippen LogP contribution in [0.15, 0.2) is 30.3 Å². The topological polar surface area (TPSA) is 58.4 Å². The predicted octanol–water partition coefficient (Wildman–Crippen LogP) is 2.61. The maximum Gasteiger partial charge on any atom is 0.222 e. The van der Waals surface area contributed by atoms with E-state index in [9.17, 15) is 9.90 Å². The molecule has 1 aliphatic heterocycles. The molecule has 0 radical (unpaired) electrons. The molecule has 3 rings (SSSR count). The van der Waals surface area contributed by atoms with Gasteiger partial charge in [0.2, 0.25) is 5.91 Å². The largest absolute Gasteiger partial charge is 0.508 e. The van der Waals surface area contributed by atoms with E-state index in [1.807, 2.05) is 24.0 Å². The van der Waals surface area contributed by atoms with E-state index in [-0.39, 0.29) is 11.7 Å². The Morgan fingerprint density at radius 3 is 2.70 bits per heavy atom. The second kappa shape index (κ2) is 6.44. The molecule has 1 amide bonds. The lowest BCUT2D eigenvalue weighted by Gasteiger charge is -2.17. The van der Waals surface area contributed by atoms with Crippen molar-refractivity contribution in [2.24, 2.45) is 0 Å². The minimum atomic E-state index is 0.196. The Kier molecular flexibility index (Phi) is 4.37. The van der Waals surface area contributed by atoms with Crippen LogP contribution >= 0.6 is 0 Å². The van der Waals surface area contributed by atoms with E-state index in [0.29, 0.717) is 18.9 Å². The van der Waals surface area contributed by atoms with Crippen LogP contribution in [0, 0.1) is 13.8 Å². The number of likely N-dealkylation sites (tertiary alicyclic amines) is 1. The van der Waals surface area contributed by atoms with Gasteiger partial charge in [-0.2, -0.15) is 5.10 Å². The molecule has 0 saturated carbocycles. The molecule has 2 aromatic rings. The first kappa shape index (κ1) is 15.6. The SMILES string of the molecule is Cc1cc(C)n([C@H]2CCN(C(=O)CCc3ccc(O)cc3)C2)n1. The van der Waals surface area contributed by atoms with Crippen LogP contribution in [0.2, 0.25) is 0 Å². The Morgan fingerprint density at radius 1 is 1.30 bits per heavy atom. The summed E-state index contributed by atoms with van der Waals surface area (Å²) in [4.78, 5) is 14.3. The normalized spacial score (nSPS) is 17.7. The zero-order valence-electron chi connectivity index (χ0n) is 13.7. The summed E-state index contributed by atoms with van der Waals surface area (Å²) in [6, 6.07) is 9.43. The van der Waals surface area contributed by atoms with E-state index in [1.165, 1.54) is 0 Å². The minimum absolute atomic E-state index is 0.196. The van der Waals surface area contributed by atoms with Crippen molar-refractivity contribution in [3.63, 3.8) is 0 Å². The number of rotatable bonds is 4. The highest BCUT2D eigenvalue weighted by Crippen LogP contribution is 2.24. The number of benzene rings is 1. The lowest BCUT2D eigenvalue weighted by atomic mass is 10.1. The summed E-state index contributed by atoms with van der Waals surface area (Å²) in [6.07, 6.45) is 2.18. The van der Waals surface area contributed by atoms with Gasteiger partial charge in [-0.3, -0.25) is 9.48 Å². The van der Waals surface area contributed by atoms with Crippen molar-refractivity contribution in [1.29, 1.82) is 0 Å². The average Bonchev–Trinajstić information content (AvgIpc) is 3.13. The van der Waals surface area contributed by atoms with Crippen LogP contribution in [0.1, 0.15) is 35.8 Å². The second-order valence-corrected chi connectivity index (χ2v) is 6.32. The van der Waals surface area contributed by atoms with Crippen molar-refractivity contribution in [2.75, 3.05) is 13.1 Å². The summed E-state index contributed by atoms with van der Waals surface area (Å²) in [6.45, 7) is 5.61. The number of hydrogen-bond donors (Lipinski definition) is 1. The number of aromatic hydroxyl groups is 1. The first-order chi connectivity index (χ1) is 11.0. The maximum absolute atomic E-state index is 12.4. The zero-order chi connectivity index (χ0) is 16.4. The Balaban J connectivity index is 1.55. The van der Waals surface area contributed by atoms with Crippen LogP contribution < -0.4 is 0 Å². The third kappa shape index (κ3) is 3.55. The van der Waals surface area contributed by atoms with Gasteiger partial charge < -0.3 is 10.0 Å². The van der Waals surface area contributed by atoms with E-state index in [4.69, 9.17) is 0 Å². The Labute approximate surface area is 136 Å². The molecule has 1 aromatic heterocycles.